The summed E-state index contributed by atoms with van der Waals surface area (Å²) in [6.07, 6.45) is 3.58. The zero-order valence-electron chi connectivity index (χ0n) is 26.6. The lowest BCUT2D eigenvalue weighted by Crippen LogP contribution is -2.43. The van der Waals surface area contributed by atoms with Crippen LogP contribution in [0.4, 0.5) is 13.2 Å². The van der Waals surface area contributed by atoms with E-state index in [1.807, 2.05) is 16.3 Å². The van der Waals surface area contributed by atoms with Crippen LogP contribution in [0, 0.1) is 0 Å². The molecule has 2 atom stereocenters. The van der Waals surface area contributed by atoms with Crippen LogP contribution < -0.4 is 4.74 Å². The topological polar surface area (TPSA) is 89.1 Å². The maximum atomic E-state index is 13.0. The minimum atomic E-state index is -4.42. The third-order valence-electron chi connectivity index (χ3n) is 9.72. The van der Waals surface area contributed by atoms with E-state index in [0.29, 0.717) is 25.0 Å². The molecule has 9 nitrogen and oxygen atoms in total. The van der Waals surface area contributed by atoms with E-state index in [9.17, 15) is 13.2 Å². The van der Waals surface area contributed by atoms with Gasteiger partial charge < -0.3 is 18.5 Å². The smallest absolute Gasteiger partial charge is 0.416 e. The average molecular weight is 635 g/mol. The Hall–Kier alpha value is -2.77. The molecular formula is C31H45F3N6O3Si. The SMILES string of the molecule is Cn1c(COc2cccc(C(F)(F)F)c2)nnc1[C@H]1CC[C@H](c2cn([C@@H]3CC[C@@H](CO[Si](C)(C)C(C)(C)C)OC3)nn2)CC1. The van der Waals surface area contributed by atoms with Gasteiger partial charge in [0.25, 0.3) is 0 Å². The maximum Gasteiger partial charge on any atom is 0.416 e. The van der Waals surface area contributed by atoms with Crippen molar-refractivity contribution in [1.82, 2.24) is 29.8 Å². The molecule has 2 aliphatic rings. The molecule has 13 heteroatoms. The molecule has 3 heterocycles. The van der Waals surface area contributed by atoms with E-state index in [0.717, 1.165) is 62.2 Å². The van der Waals surface area contributed by atoms with Crippen LogP contribution in [0.25, 0.3) is 0 Å². The maximum absolute atomic E-state index is 13.0. The predicted molar refractivity (Wildman–Crippen MR) is 162 cm³/mol. The molecule has 5 rings (SSSR count). The molecule has 1 aliphatic heterocycles. The van der Waals surface area contributed by atoms with Crippen LogP contribution in [0.1, 0.15) is 100 Å². The van der Waals surface area contributed by atoms with Gasteiger partial charge in [0, 0.05) is 25.1 Å². The van der Waals surface area contributed by atoms with E-state index in [2.05, 4.69) is 60.6 Å². The van der Waals surface area contributed by atoms with E-state index in [1.54, 1.807) is 0 Å². The summed E-state index contributed by atoms with van der Waals surface area (Å²) in [6, 6.07) is 5.05. The van der Waals surface area contributed by atoms with Gasteiger partial charge in [0.05, 0.1) is 36.6 Å². The lowest BCUT2D eigenvalue weighted by atomic mass is 9.80. The number of nitrogens with zero attached hydrogens (tertiary/aromatic N) is 6. The van der Waals surface area contributed by atoms with Crippen LogP contribution >= 0.6 is 0 Å². The first-order valence-electron chi connectivity index (χ1n) is 15.6. The van der Waals surface area contributed by atoms with Crippen molar-refractivity contribution in [1.29, 1.82) is 0 Å². The first-order valence-corrected chi connectivity index (χ1v) is 18.5. The Morgan fingerprint density at radius 2 is 1.70 bits per heavy atom. The zero-order chi connectivity index (χ0) is 31.7. The minimum Gasteiger partial charge on any atom is -0.486 e. The molecule has 0 bridgehead atoms. The van der Waals surface area contributed by atoms with Crippen molar-refractivity contribution in [2.75, 3.05) is 13.2 Å². The van der Waals surface area contributed by atoms with E-state index in [1.165, 1.54) is 12.1 Å². The van der Waals surface area contributed by atoms with Gasteiger partial charge in [0.15, 0.2) is 14.1 Å². The Balaban J connectivity index is 1.09. The molecular weight excluding hydrogens is 589 g/mol. The van der Waals surface area contributed by atoms with Crippen molar-refractivity contribution in [3.8, 4) is 5.75 Å². The van der Waals surface area contributed by atoms with Crippen LogP contribution in [-0.2, 0) is 29.0 Å². The van der Waals surface area contributed by atoms with Gasteiger partial charge in [-0.15, -0.1) is 15.3 Å². The van der Waals surface area contributed by atoms with Crippen molar-refractivity contribution < 1.29 is 27.1 Å². The summed E-state index contributed by atoms with van der Waals surface area (Å²) in [5, 5.41) is 17.9. The van der Waals surface area contributed by atoms with Gasteiger partial charge in [0.2, 0.25) is 0 Å². The quantitative estimate of drug-likeness (QED) is 0.230. The van der Waals surface area contributed by atoms with E-state index in [4.69, 9.17) is 13.9 Å². The molecule has 1 aliphatic carbocycles. The number of ether oxygens (including phenoxy) is 2. The third kappa shape index (κ3) is 7.53. The van der Waals surface area contributed by atoms with Gasteiger partial charge in [-0.25, -0.2) is 4.68 Å². The molecule has 0 radical (unpaired) electrons. The molecule has 2 aromatic heterocycles. The van der Waals surface area contributed by atoms with Crippen molar-refractivity contribution >= 4 is 8.32 Å². The summed E-state index contributed by atoms with van der Waals surface area (Å²) >= 11 is 0. The minimum absolute atomic E-state index is 0.0402. The highest BCUT2D eigenvalue weighted by atomic mass is 28.4. The molecule has 0 amide bonds. The zero-order valence-corrected chi connectivity index (χ0v) is 27.6. The lowest BCUT2D eigenvalue weighted by Gasteiger charge is -2.38. The van der Waals surface area contributed by atoms with Crippen molar-refractivity contribution in [2.24, 2.45) is 7.05 Å². The van der Waals surface area contributed by atoms with E-state index >= 15 is 0 Å². The molecule has 242 valence electrons. The largest absolute Gasteiger partial charge is 0.486 e. The third-order valence-corrected chi connectivity index (χ3v) is 14.2. The molecule has 0 spiro atoms. The van der Waals surface area contributed by atoms with Crippen molar-refractivity contribution in [3.63, 3.8) is 0 Å². The van der Waals surface area contributed by atoms with Crippen LogP contribution in [0.3, 0.4) is 0 Å². The highest BCUT2D eigenvalue weighted by Crippen LogP contribution is 2.40. The van der Waals surface area contributed by atoms with Crippen molar-refractivity contribution in [2.45, 2.75) is 114 Å². The van der Waals surface area contributed by atoms with Crippen LogP contribution in [0.5, 0.6) is 5.75 Å². The molecule has 1 saturated heterocycles. The molecule has 1 saturated carbocycles. The van der Waals surface area contributed by atoms with Gasteiger partial charge in [-0.3, -0.25) is 0 Å². The first kappa shape index (κ1) is 32.6. The summed E-state index contributed by atoms with van der Waals surface area (Å²) in [5.74, 6) is 2.19. The fraction of sp³-hybridized carbons (Fsp3) is 0.677. The van der Waals surface area contributed by atoms with Gasteiger partial charge in [-0.05, 0) is 74.9 Å². The molecule has 3 aromatic rings. The number of hydrogen-bond acceptors (Lipinski definition) is 7. The van der Waals surface area contributed by atoms with Crippen molar-refractivity contribution in [3.05, 3.63) is 53.4 Å². The van der Waals surface area contributed by atoms with Gasteiger partial charge >= 0.3 is 6.18 Å². The lowest BCUT2D eigenvalue weighted by molar-refractivity contribution is -0.137. The predicted octanol–water partition coefficient (Wildman–Crippen LogP) is 7.19. The summed E-state index contributed by atoms with van der Waals surface area (Å²) in [4.78, 5) is 0. The van der Waals surface area contributed by atoms with Gasteiger partial charge in [-0.2, -0.15) is 13.2 Å². The highest BCUT2D eigenvalue weighted by molar-refractivity contribution is 6.74. The normalized spacial score (nSPS) is 23.6. The first-order chi connectivity index (χ1) is 20.7. The van der Waals surface area contributed by atoms with Crippen LogP contribution in [-0.4, -0.2) is 57.4 Å². The molecule has 2 fully saturated rings. The number of benzene rings is 1. The van der Waals surface area contributed by atoms with Gasteiger partial charge in [-0.1, -0.05) is 32.1 Å². The number of aromatic nitrogens is 6. The number of alkyl halides is 3. The molecule has 44 heavy (non-hydrogen) atoms. The Kier molecular flexibility index (Phi) is 9.57. The monoisotopic (exact) mass is 634 g/mol. The Labute approximate surface area is 258 Å². The fourth-order valence-corrected chi connectivity index (χ4v) is 6.76. The second kappa shape index (κ2) is 12.9. The second-order valence-corrected chi connectivity index (χ2v) is 18.6. The number of hydrogen-bond donors (Lipinski definition) is 0. The Bertz CT molecular complexity index is 1390. The molecule has 1 aromatic carbocycles. The van der Waals surface area contributed by atoms with Crippen LogP contribution in [0.15, 0.2) is 30.5 Å². The summed E-state index contributed by atoms with van der Waals surface area (Å²) < 4.78 is 61.1. The fourth-order valence-electron chi connectivity index (χ4n) is 5.72. The Morgan fingerprint density at radius 1 is 0.977 bits per heavy atom. The number of rotatable bonds is 9. The van der Waals surface area contributed by atoms with E-state index in [-0.39, 0.29) is 35.5 Å². The van der Waals surface area contributed by atoms with Crippen LogP contribution in [0.2, 0.25) is 18.1 Å². The summed E-state index contributed by atoms with van der Waals surface area (Å²) in [5.41, 5.74) is 0.286. The molecule has 0 unspecified atom stereocenters. The summed E-state index contributed by atoms with van der Waals surface area (Å²) in [7, 11) is 0.0914. The van der Waals surface area contributed by atoms with E-state index < -0.39 is 20.1 Å². The second-order valence-electron chi connectivity index (χ2n) is 13.8. The summed E-state index contributed by atoms with van der Waals surface area (Å²) in [6.45, 7) is 12.6. The average Bonchev–Trinajstić information content (AvgIpc) is 3.62. The Morgan fingerprint density at radius 3 is 2.36 bits per heavy atom. The number of halogens is 3. The highest BCUT2D eigenvalue weighted by Gasteiger charge is 2.38. The van der Waals surface area contributed by atoms with Gasteiger partial charge in [0.1, 0.15) is 18.2 Å². The molecule has 0 N–H and O–H groups in total. The standard InChI is InChI=1S/C31H45F3N6O3Si/c1-30(2,3)44(5,6)43-19-26-15-14-24(18-41-26)40-17-27(35-38-40)21-10-12-22(13-11-21)29-37-36-28(39(29)4)20-42-25-9-7-8-23(16-25)31(32,33)34/h7-9,16-17,21-22,24,26H,10-15,18-20H2,1-6H3/t21-,22-,24-,26+/m1/s1.